The summed E-state index contributed by atoms with van der Waals surface area (Å²) < 4.78 is 0. The van der Waals surface area contributed by atoms with Crippen molar-refractivity contribution in [3.05, 3.63) is 16.3 Å². The van der Waals surface area contributed by atoms with Crippen LogP contribution >= 0.6 is 0 Å². The van der Waals surface area contributed by atoms with E-state index in [-0.39, 0.29) is 23.5 Å². The van der Waals surface area contributed by atoms with Crippen molar-refractivity contribution < 1.29 is 9.72 Å². The number of rotatable bonds is 5. The van der Waals surface area contributed by atoms with Crippen molar-refractivity contribution in [2.45, 2.75) is 25.8 Å². The van der Waals surface area contributed by atoms with Gasteiger partial charge < -0.3 is 15.5 Å². The topological polar surface area (TPSA) is 113 Å². The fraction of sp³-hybridized carbons (Fsp3) is 0.583. The summed E-state index contributed by atoms with van der Waals surface area (Å²) in [6.07, 6.45) is 2.24. The van der Waals surface area contributed by atoms with Crippen LogP contribution in [0, 0.1) is 10.1 Å². The molecule has 2 heterocycles. The lowest BCUT2D eigenvalue weighted by Gasteiger charge is -2.30. The molecule has 2 N–H and O–H groups in total. The van der Waals surface area contributed by atoms with Crippen LogP contribution in [0.25, 0.3) is 0 Å². The van der Waals surface area contributed by atoms with Crippen LogP contribution in [0.1, 0.15) is 19.8 Å². The first kappa shape index (κ1) is 14.9. The van der Waals surface area contributed by atoms with E-state index >= 15 is 0 Å². The summed E-state index contributed by atoms with van der Waals surface area (Å²) in [6, 6.07) is -0.0595. The number of likely N-dealkylation sites (N-methyl/N-ethyl adjacent to an activating group) is 1. The molecule has 9 nitrogen and oxygen atoms in total. The van der Waals surface area contributed by atoms with Gasteiger partial charge >= 0.3 is 5.69 Å². The molecule has 0 bridgehead atoms. The SMILES string of the molecule is CCNc1ncc([N+](=O)[O-])c(NC2CCC(=O)N(C)C2)n1. The standard InChI is InChI=1S/C12H18N6O3/c1-3-13-12-14-6-9(18(20)21)11(16-12)15-8-4-5-10(19)17(2)7-8/h6,8H,3-5,7H2,1-2H3,(H2,13,14,15,16). The lowest BCUT2D eigenvalue weighted by Crippen LogP contribution is -2.43. The first-order chi connectivity index (χ1) is 10.0. The molecule has 1 aliphatic heterocycles. The molecule has 1 unspecified atom stereocenters. The first-order valence-electron chi connectivity index (χ1n) is 6.77. The Balaban J connectivity index is 2.18. The van der Waals surface area contributed by atoms with Gasteiger partial charge in [0, 0.05) is 32.6 Å². The van der Waals surface area contributed by atoms with Gasteiger partial charge in [0.25, 0.3) is 0 Å². The predicted octanol–water partition coefficient (Wildman–Crippen LogP) is 0.849. The molecule has 1 fully saturated rings. The number of aromatic nitrogens is 2. The molecule has 1 aliphatic rings. The Labute approximate surface area is 121 Å². The molecule has 1 aromatic heterocycles. The second-order valence-corrected chi connectivity index (χ2v) is 4.87. The van der Waals surface area contributed by atoms with Gasteiger partial charge in [0.2, 0.25) is 17.7 Å². The van der Waals surface area contributed by atoms with Gasteiger partial charge in [0.1, 0.15) is 6.20 Å². The van der Waals surface area contributed by atoms with Crippen LogP contribution < -0.4 is 10.6 Å². The molecule has 0 radical (unpaired) electrons. The second-order valence-electron chi connectivity index (χ2n) is 4.87. The van der Waals surface area contributed by atoms with E-state index < -0.39 is 4.92 Å². The highest BCUT2D eigenvalue weighted by atomic mass is 16.6. The minimum absolute atomic E-state index is 0.0595. The van der Waals surface area contributed by atoms with Crippen molar-refractivity contribution in [3.8, 4) is 0 Å². The van der Waals surface area contributed by atoms with Crippen LogP contribution in [0.15, 0.2) is 6.20 Å². The van der Waals surface area contributed by atoms with Gasteiger partial charge in [-0.15, -0.1) is 0 Å². The third-order valence-corrected chi connectivity index (χ3v) is 3.27. The largest absolute Gasteiger partial charge is 0.360 e. The summed E-state index contributed by atoms with van der Waals surface area (Å²) in [5.41, 5.74) is -0.170. The fourth-order valence-electron chi connectivity index (χ4n) is 2.18. The number of anilines is 2. The number of likely N-dealkylation sites (tertiary alicyclic amines) is 1. The minimum atomic E-state index is -0.518. The van der Waals surface area contributed by atoms with E-state index in [1.54, 1.807) is 11.9 Å². The van der Waals surface area contributed by atoms with Crippen LogP contribution in [-0.4, -0.2) is 51.9 Å². The van der Waals surface area contributed by atoms with Crippen molar-refractivity contribution in [1.29, 1.82) is 0 Å². The molecule has 1 amide bonds. The summed E-state index contributed by atoms with van der Waals surface area (Å²) in [6.45, 7) is 3.01. The number of nitrogens with zero attached hydrogens (tertiary/aromatic N) is 4. The molecular formula is C12H18N6O3. The van der Waals surface area contributed by atoms with E-state index in [1.807, 2.05) is 6.92 Å². The molecule has 1 atom stereocenters. The van der Waals surface area contributed by atoms with Gasteiger partial charge in [-0.05, 0) is 13.3 Å². The van der Waals surface area contributed by atoms with Gasteiger partial charge in [-0.3, -0.25) is 14.9 Å². The first-order valence-corrected chi connectivity index (χ1v) is 6.77. The Bertz CT molecular complexity index is 550. The number of hydrogen-bond donors (Lipinski definition) is 2. The summed E-state index contributed by atoms with van der Waals surface area (Å²) >= 11 is 0. The van der Waals surface area contributed by atoms with Crippen LogP contribution in [0.5, 0.6) is 0 Å². The molecule has 114 valence electrons. The molecule has 21 heavy (non-hydrogen) atoms. The average Bonchev–Trinajstić information content (AvgIpc) is 2.43. The zero-order chi connectivity index (χ0) is 15.4. The van der Waals surface area contributed by atoms with Crippen molar-refractivity contribution in [2.24, 2.45) is 0 Å². The highest BCUT2D eigenvalue weighted by Gasteiger charge is 2.26. The fourth-order valence-corrected chi connectivity index (χ4v) is 2.18. The monoisotopic (exact) mass is 294 g/mol. The molecule has 1 saturated heterocycles. The zero-order valence-corrected chi connectivity index (χ0v) is 12.0. The van der Waals surface area contributed by atoms with E-state index in [0.717, 1.165) is 0 Å². The number of piperidine rings is 1. The van der Waals surface area contributed by atoms with E-state index in [1.165, 1.54) is 6.20 Å². The zero-order valence-electron chi connectivity index (χ0n) is 12.0. The van der Waals surface area contributed by atoms with Gasteiger partial charge in [-0.25, -0.2) is 4.98 Å². The van der Waals surface area contributed by atoms with Gasteiger partial charge in [-0.2, -0.15) is 4.98 Å². The lowest BCUT2D eigenvalue weighted by molar-refractivity contribution is -0.384. The highest BCUT2D eigenvalue weighted by molar-refractivity contribution is 5.77. The highest BCUT2D eigenvalue weighted by Crippen LogP contribution is 2.24. The maximum Gasteiger partial charge on any atom is 0.329 e. The summed E-state index contributed by atoms with van der Waals surface area (Å²) in [5.74, 6) is 0.600. The minimum Gasteiger partial charge on any atom is -0.360 e. The molecule has 1 aromatic rings. The Kier molecular flexibility index (Phi) is 4.51. The molecule has 0 saturated carbocycles. The number of carbonyl (C=O) groups is 1. The van der Waals surface area contributed by atoms with Gasteiger partial charge in [0.15, 0.2) is 0 Å². The summed E-state index contributed by atoms with van der Waals surface area (Å²) in [4.78, 5) is 31.6. The van der Waals surface area contributed by atoms with E-state index in [4.69, 9.17) is 0 Å². The quantitative estimate of drug-likeness (QED) is 0.611. The van der Waals surface area contributed by atoms with Crippen LogP contribution in [0.2, 0.25) is 0 Å². The molecule has 2 rings (SSSR count). The molecular weight excluding hydrogens is 276 g/mol. The molecule has 0 aliphatic carbocycles. The van der Waals surface area contributed by atoms with Crippen molar-refractivity contribution in [2.75, 3.05) is 30.8 Å². The Morgan fingerprint density at radius 2 is 2.33 bits per heavy atom. The van der Waals surface area contributed by atoms with Gasteiger partial charge in [-0.1, -0.05) is 0 Å². The normalized spacial score (nSPS) is 18.5. The number of amides is 1. The molecule has 9 heteroatoms. The number of nitro groups is 1. The smallest absolute Gasteiger partial charge is 0.329 e. The second kappa shape index (κ2) is 6.33. The lowest BCUT2D eigenvalue weighted by atomic mass is 10.1. The van der Waals surface area contributed by atoms with Crippen LogP contribution in [0.4, 0.5) is 17.5 Å². The molecule has 0 spiro atoms. The number of hydrogen-bond acceptors (Lipinski definition) is 7. The predicted molar refractivity (Wildman–Crippen MR) is 77.1 cm³/mol. The van der Waals surface area contributed by atoms with E-state index in [2.05, 4.69) is 20.6 Å². The van der Waals surface area contributed by atoms with Crippen LogP contribution in [0.3, 0.4) is 0 Å². The maximum atomic E-state index is 11.5. The Morgan fingerprint density at radius 1 is 1.57 bits per heavy atom. The van der Waals surface area contributed by atoms with Gasteiger partial charge in [0.05, 0.1) is 4.92 Å². The van der Waals surface area contributed by atoms with E-state index in [0.29, 0.717) is 31.9 Å². The maximum absolute atomic E-state index is 11.5. The van der Waals surface area contributed by atoms with Crippen molar-refractivity contribution in [3.63, 3.8) is 0 Å². The summed E-state index contributed by atoms with van der Waals surface area (Å²) in [7, 11) is 1.72. The van der Waals surface area contributed by atoms with Crippen LogP contribution in [-0.2, 0) is 4.79 Å². The molecule has 0 aromatic carbocycles. The van der Waals surface area contributed by atoms with Crippen molar-refractivity contribution >= 4 is 23.4 Å². The summed E-state index contributed by atoms with van der Waals surface area (Å²) in [5, 5.41) is 17.0. The van der Waals surface area contributed by atoms with E-state index in [9.17, 15) is 14.9 Å². The Morgan fingerprint density at radius 3 is 2.95 bits per heavy atom. The number of nitrogens with one attached hydrogen (secondary N) is 2. The number of carbonyl (C=O) groups excluding carboxylic acids is 1. The third-order valence-electron chi connectivity index (χ3n) is 3.27. The Hall–Kier alpha value is -2.45. The third kappa shape index (κ3) is 3.56. The average molecular weight is 294 g/mol. The van der Waals surface area contributed by atoms with Crippen molar-refractivity contribution in [1.82, 2.24) is 14.9 Å².